The van der Waals surface area contributed by atoms with Crippen LogP contribution in [-0.4, -0.2) is 20.0 Å². The predicted octanol–water partition coefficient (Wildman–Crippen LogP) is 0.684. The predicted molar refractivity (Wildman–Crippen MR) is 62.6 cm³/mol. The van der Waals surface area contributed by atoms with Gasteiger partial charge in [-0.3, -0.25) is 0 Å². The van der Waals surface area contributed by atoms with Crippen LogP contribution >= 0.6 is 0 Å². The number of hydrogen-bond acceptors (Lipinski definition) is 1. The summed E-state index contributed by atoms with van der Waals surface area (Å²) in [7, 11) is 0. The van der Waals surface area contributed by atoms with E-state index in [1.54, 1.807) is 30.3 Å². The summed E-state index contributed by atoms with van der Waals surface area (Å²) in [6, 6.07) is 8.77. The second kappa shape index (κ2) is 8.59. The first-order valence-electron chi connectivity index (χ1n) is 5.54. The number of unbranched alkanes of at least 4 members (excludes halogenated alkanes) is 1. The zero-order valence-electron chi connectivity index (χ0n) is 10.4. The Labute approximate surface area is 143 Å². The number of para-hydroxylation sites is 1. The van der Waals surface area contributed by atoms with Gasteiger partial charge in [-0.2, -0.15) is 0 Å². The topological polar surface area (TPSA) is 3.24 Å². The van der Waals surface area contributed by atoms with Gasteiger partial charge in [0.25, 0.3) is 0 Å². The molecule has 1 aromatic carbocycles. The molecule has 0 N–H and O–H groups in total. The summed E-state index contributed by atoms with van der Waals surface area (Å²) < 4.78 is 37.3. The van der Waals surface area contributed by atoms with Crippen LogP contribution in [0.5, 0.6) is 0 Å². The minimum atomic E-state index is -4.77. The van der Waals surface area contributed by atoms with Gasteiger partial charge in [0, 0.05) is 12.2 Å². The van der Waals surface area contributed by atoms with Crippen molar-refractivity contribution in [1.82, 2.24) is 0 Å². The second-order valence-corrected chi connectivity index (χ2v) is 3.85. The van der Waals surface area contributed by atoms with Crippen LogP contribution in [0, 0.1) is 0 Å². The molecular weight excluding hydrogens is 253 g/mol. The van der Waals surface area contributed by atoms with E-state index >= 15 is 0 Å². The Morgan fingerprint density at radius 3 is 2.18 bits per heavy atom. The maximum absolute atomic E-state index is 12.4. The molecule has 0 aromatic heterocycles. The van der Waals surface area contributed by atoms with Gasteiger partial charge in [0.2, 0.25) is 0 Å². The monoisotopic (exact) mass is 269 g/mol. The maximum Gasteiger partial charge on any atom is 1.00 e. The van der Waals surface area contributed by atoms with Crippen molar-refractivity contribution in [2.24, 2.45) is 0 Å². The van der Waals surface area contributed by atoms with Crippen LogP contribution < -0.4 is 56.3 Å². The number of halogens is 3. The summed E-state index contributed by atoms with van der Waals surface area (Å²) in [5.74, 6) is 0. The van der Waals surface area contributed by atoms with E-state index < -0.39 is 13.4 Å². The molecule has 0 saturated heterocycles. The van der Waals surface area contributed by atoms with Crippen molar-refractivity contribution in [3.63, 3.8) is 0 Å². The van der Waals surface area contributed by atoms with Gasteiger partial charge in [-0.15, -0.1) is 0 Å². The molecule has 0 aliphatic rings. The molecular formula is C11H16BF3KN. The Hall–Kier alpha value is 0.511. The number of benzene rings is 1. The molecule has 0 atom stereocenters. The molecule has 90 valence electrons. The van der Waals surface area contributed by atoms with E-state index in [1.165, 1.54) is 4.90 Å². The van der Waals surface area contributed by atoms with Crippen molar-refractivity contribution in [1.29, 1.82) is 0 Å². The summed E-state index contributed by atoms with van der Waals surface area (Å²) in [6.07, 6.45) is 0.860. The molecule has 0 spiro atoms. The van der Waals surface area contributed by atoms with Gasteiger partial charge in [-0.25, -0.2) is 0 Å². The zero-order valence-corrected chi connectivity index (χ0v) is 13.5. The van der Waals surface area contributed by atoms with Crippen molar-refractivity contribution in [3.8, 4) is 0 Å². The van der Waals surface area contributed by atoms with Crippen molar-refractivity contribution in [2.75, 3.05) is 17.9 Å². The number of hydrogen-bond donors (Lipinski definition) is 0. The summed E-state index contributed by atoms with van der Waals surface area (Å²) in [5, 5.41) is 0. The van der Waals surface area contributed by atoms with E-state index in [1.807, 2.05) is 6.92 Å². The van der Waals surface area contributed by atoms with Gasteiger partial charge in [-0.05, 0) is 25.0 Å². The van der Waals surface area contributed by atoms with Crippen LogP contribution in [0.4, 0.5) is 18.6 Å². The minimum absolute atomic E-state index is 0. The molecule has 0 saturated carbocycles. The van der Waals surface area contributed by atoms with Gasteiger partial charge in [-0.1, -0.05) is 31.5 Å². The van der Waals surface area contributed by atoms with Crippen molar-refractivity contribution < 1.29 is 64.3 Å². The Bertz CT molecular complexity index is 305. The fourth-order valence-electron chi connectivity index (χ4n) is 1.56. The molecule has 0 bridgehead atoms. The second-order valence-electron chi connectivity index (χ2n) is 3.85. The third kappa shape index (κ3) is 7.51. The van der Waals surface area contributed by atoms with E-state index in [0.29, 0.717) is 12.2 Å². The third-order valence-corrected chi connectivity index (χ3v) is 2.33. The molecule has 0 heterocycles. The molecule has 0 amide bonds. The standard InChI is InChI=1S/C11H16BF3N.K/c1-2-3-9-16(10-12(13,14)15)11-7-5-4-6-8-11;/h4-8H,2-3,9-10H2,1H3;/q-1;+1. The van der Waals surface area contributed by atoms with Crippen molar-refractivity contribution >= 4 is 12.7 Å². The Morgan fingerprint density at radius 1 is 1.12 bits per heavy atom. The van der Waals surface area contributed by atoms with Gasteiger partial charge in [0.05, 0.1) is 0 Å². The molecule has 0 fully saturated rings. The summed E-state index contributed by atoms with van der Waals surface area (Å²) in [6.45, 7) is -2.34. The SMILES string of the molecule is CCCCN(C[B-](F)(F)F)c1ccccc1.[K+]. The average molecular weight is 269 g/mol. The summed E-state index contributed by atoms with van der Waals surface area (Å²) in [5.41, 5.74) is 0.648. The van der Waals surface area contributed by atoms with Crippen molar-refractivity contribution in [3.05, 3.63) is 30.3 Å². The molecule has 1 aromatic rings. The fourth-order valence-corrected chi connectivity index (χ4v) is 1.56. The largest absolute Gasteiger partial charge is 1.00 e. The van der Waals surface area contributed by atoms with Crippen LogP contribution in [0.25, 0.3) is 0 Å². The van der Waals surface area contributed by atoms with Gasteiger partial charge >= 0.3 is 58.4 Å². The third-order valence-electron chi connectivity index (χ3n) is 2.33. The Morgan fingerprint density at radius 2 is 1.71 bits per heavy atom. The normalized spacial score (nSPS) is 10.8. The Balaban J connectivity index is 0.00000256. The summed E-state index contributed by atoms with van der Waals surface area (Å²) in [4.78, 5) is 1.41. The molecule has 0 aliphatic heterocycles. The molecule has 0 unspecified atom stereocenters. The molecule has 0 aliphatic carbocycles. The number of anilines is 1. The Kier molecular flexibility index (Phi) is 8.84. The van der Waals surface area contributed by atoms with Crippen LogP contribution in [0.1, 0.15) is 19.8 Å². The van der Waals surface area contributed by atoms with E-state index in [-0.39, 0.29) is 51.4 Å². The molecule has 1 nitrogen and oxygen atoms in total. The van der Waals surface area contributed by atoms with Crippen LogP contribution in [0.3, 0.4) is 0 Å². The number of nitrogens with zero attached hydrogens (tertiary/aromatic N) is 1. The molecule has 17 heavy (non-hydrogen) atoms. The van der Waals surface area contributed by atoms with Gasteiger partial charge in [0.15, 0.2) is 0 Å². The first-order valence-corrected chi connectivity index (χ1v) is 5.54. The first kappa shape index (κ1) is 17.5. The quantitative estimate of drug-likeness (QED) is 0.687. The van der Waals surface area contributed by atoms with Gasteiger partial charge < -0.3 is 17.8 Å². The maximum atomic E-state index is 12.4. The minimum Gasteiger partial charge on any atom is -0.448 e. The summed E-state index contributed by atoms with van der Waals surface area (Å²) >= 11 is 0. The molecule has 6 heteroatoms. The number of rotatable bonds is 6. The van der Waals surface area contributed by atoms with E-state index in [4.69, 9.17) is 0 Å². The molecule has 0 radical (unpaired) electrons. The van der Waals surface area contributed by atoms with Crippen molar-refractivity contribution in [2.45, 2.75) is 19.8 Å². The first-order chi connectivity index (χ1) is 7.53. The fraction of sp³-hybridized carbons (Fsp3) is 0.455. The van der Waals surface area contributed by atoms with E-state index in [9.17, 15) is 12.9 Å². The van der Waals surface area contributed by atoms with E-state index in [0.717, 1.165) is 12.8 Å². The van der Waals surface area contributed by atoms with E-state index in [2.05, 4.69) is 0 Å². The molecule has 1 rings (SSSR count). The van der Waals surface area contributed by atoms with Crippen LogP contribution in [-0.2, 0) is 0 Å². The average Bonchev–Trinajstić information content (AvgIpc) is 2.24. The van der Waals surface area contributed by atoms with Crippen LogP contribution in [0.15, 0.2) is 30.3 Å². The smallest absolute Gasteiger partial charge is 0.448 e. The van der Waals surface area contributed by atoms with Gasteiger partial charge in [0.1, 0.15) is 0 Å². The van der Waals surface area contributed by atoms with Crippen LogP contribution in [0.2, 0.25) is 0 Å². The zero-order chi connectivity index (χ0) is 12.0.